The Labute approximate surface area is 177 Å². The van der Waals surface area contributed by atoms with Gasteiger partial charge in [0.2, 0.25) is 0 Å². The molecule has 0 amide bonds. The number of nitrogens with two attached hydrogens (primary N) is 1. The first kappa shape index (κ1) is 21.1. The van der Waals surface area contributed by atoms with Gasteiger partial charge in [0.25, 0.3) is 0 Å². The fourth-order valence-corrected chi connectivity index (χ4v) is 4.25. The summed E-state index contributed by atoms with van der Waals surface area (Å²) in [4.78, 5) is 12.8. The van der Waals surface area contributed by atoms with Crippen molar-refractivity contribution >= 4 is 41.3 Å². The fraction of sp³-hybridized carbons (Fsp3) is 0.474. The molecule has 1 unspecified atom stereocenters. The number of rotatable bonds is 6. The van der Waals surface area contributed by atoms with Crippen molar-refractivity contribution in [1.82, 2.24) is 15.2 Å². The first-order valence-corrected chi connectivity index (χ1v) is 9.78. The van der Waals surface area contributed by atoms with Crippen molar-refractivity contribution < 1.29 is 0 Å². The summed E-state index contributed by atoms with van der Waals surface area (Å²) in [5, 5.41) is 4.33. The zero-order valence-corrected chi connectivity index (χ0v) is 18.6. The average molecular weight is 485 g/mol. The number of aryl methyl sites for hydroxylation is 1. The number of likely N-dealkylation sites (N-methyl/N-ethyl adjacent to an activating group) is 1. The van der Waals surface area contributed by atoms with Gasteiger partial charge in [-0.2, -0.15) is 0 Å². The summed E-state index contributed by atoms with van der Waals surface area (Å²) >= 11 is 1.69. The number of aliphatic imine (C=N–C) groups is 1. The quantitative estimate of drug-likeness (QED) is 0.373. The normalized spacial score (nSPS) is 17.9. The average Bonchev–Trinajstić information content (AvgIpc) is 3.25. The van der Waals surface area contributed by atoms with E-state index in [-0.39, 0.29) is 24.0 Å². The van der Waals surface area contributed by atoms with E-state index in [4.69, 9.17) is 5.73 Å². The van der Waals surface area contributed by atoms with Crippen LogP contribution in [0, 0.1) is 6.92 Å². The maximum absolute atomic E-state index is 6.06. The molecule has 2 heterocycles. The van der Waals surface area contributed by atoms with E-state index in [0.717, 1.165) is 29.4 Å². The third-order valence-electron chi connectivity index (χ3n) is 4.73. The molecule has 0 spiro atoms. The minimum absolute atomic E-state index is 0. The third kappa shape index (κ3) is 5.40. The highest BCUT2D eigenvalue weighted by atomic mass is 127. The Balaban J connectivity index is 0.00000243. The molecule has 0 bridgehead atoms. The van der Waals surface area contributed by atoms with Crippen molar-refractivity contribution in [3.05, 3.63) is 40.9 Å². The van der Waals surface area contributed by atoms with Gasteiger partial charge < -0.3 is 11.1 Å². The molecule has 142 valence electrons. The molecule has 1 aromatic carbocycles. The molecule has 1 aromatic heterocycles. The molecule has 0 aliphatic carbocycles. The van der Waals surface area contributed by atoms with E-state index in [9.17, 15) is 0 Å². The van der Waals surface area contributed by atoms with Crippen LogP contribution in [0.2, 0.25) is 0 Å². The molecular weight excluding hydrogens is 457 g/mol. The molecule has 3 N–H and O–H groups in total. The van der Waals surface area contributed by atoms with Crippen LogP contribution in [0.25, 0.3) is 10.6 Å². The standard InChI is InChI=1S/C19H27N5S.HI/c1-3-24-11-7-10-16(24)12-21-19(20)22-13-17-14(2)23-18(25-17)15-8-5-4-6-9-15;/h4-6,8-9,16H,3,7,10-13H2,1-2H3,(H3,20,21,22);1H. The highest BCUT2D eigenvalue weighted by molar-refractivity contribution is 14.0. The predicted molar refractivity (Wildman–Crippen MR) is 121 cm³/mol. The Morgan fingerprint density at radius 2 is 2.15 bits per heavy atom. The van der Waals surface area contributed by atoms with Crippen LogP contribution in [0.1, 0.15) is 30.3 Å². The van der Waals surface area contributed by atoms with Crippen molar-refractivity contribution in [2.75, 3.05) is 19.6 Å². The second kappa shape index (κ2) is 10.2. The Morgan fingerprint density at radius 1 is 1.38 bits per heavy atom. The van der Waals surface area contributed by atoms with E-state index in [1.54, 1.807) is 11.3 Å². The molecule has 26 heavy (non-hydrogen) atoms. The monoisotopic (exact) mass is 485 g/mol. The van der Waals surface area contributed by atoms with Crippen molar-refractivity contribution in [2.45, 2.75) is 39.3 Å². The first-order chi connectivity index (χ1) is 12.2. The molecule has 1 aliphatic heterocycles. The third-order valence-corrected chi connectivity index (χ3v) is 5.92. The molecule has 0 radical (unpaired) electrons. The summed E-state index contributed by atoms with van der Waals surface area (Å²) in [6.07, 6.45) is 2.52. The topological polar surface area (TPSA) is 66.5 Å². The number of guanidine groups is 1. The summed E-state index contributed by atoms with van der Waals surface area (Å²) < 4.78 is 0. The molecule has 7 heteroatoms. The van der Waals surface area contributed by atoms with Crippen LogP contribution in [0.4, 0.5) is 0 Å². The molecule has 5 nitrogen and oxygen atoms in total. The van der Waals surface area contributed by atoms with E-state index in [1.165, 1.54) is 24.3 Å². The highest BCUT2D eigenvalue weighted by Gasteiger charge is 2.22. The van der Waals surface area contributed by atoms with Crippen LogP contribution in [-0.4, -0.2) is 41.5 Å². The SMILES string of the molecule is CCN1CCCC1CNC(N)=NCc1sc(-c2ccccc2)nc1C.I. The lowest BCUT2D eigenvalue weighted by Gasteiger charge is -2.23. The Bertz CT molecular complexity index is 716. The molecule has 1 saturated heterocycles. The van der Waals surface area contributed by atoms with Crippen LogP contribution >= 0.6 is 35.3 Å². The van der Waals surface area contributed by atoms with Crippen molar-refractivity contribution in [2.24, 2.45) is 10.7 Å². The number of aromatic nitrogens is 1. The Hall–Kier alpha value is -1.19. The number of thiazole rings is 1. The van der Waals surface area contributed by atoms with Gasteiger partial charge in [0.1, 0.15) is 5.01 Å². The molecule has 1 aliphatic rings. The second-order valence-corrected chi connectivity index (χ2v) is 7.48. The van der Waals surface area contributed by atoms with Gasteiger partial charge >= 0.3 is 0 Å². The van der Waals surface area contributed by atoms with Crippen molar-refractivity contribution in [1.29, 1.82) is 0 Å². The molecular formula is C19H28IN5S. The lowest BCUT2D eigenvalue weighted by Crippen LogP contribution is -2.42. The number of nitrogens with zero attached hydrogens (tertiary/aromatic N) is 3. The zero-order valence-electron chi connectivity index (χ0n) is 15.4. The van der Waals surface area contributed by atoms with E-state index >= 15 is 0 Å². The summed E-state index contributed by atoms with van der Waals surface area (Å²) in [6, 6.07) is 10.8. The van der Waals surface area contributed by atoms with Gasteiger partial charge in [-0.15, -0.1) is 35.3 Å². The van der Waals surface area contributed by atoms with Crippen LogP contribution in [-0.2, 0) is 6.54 Å². The summed E-state index contributed by atoms with van der Waals surface area (Å²) in [5.74, 6) is 0.525. The summed E-state index contributed by atoms with van der Waals surface area (Å²) in [7, 11) is 0. The number of likely N-dealkylation sites (tertiary alicyclic amines) is 1. The van der Waals surface area contributed by atoms with Gasteiger partial charge in [-0.25, -0.2) is 9.98 Å². The van der Waals surface area contributed by atoms with Gasteiger partial charge in [0.15, 0.2) is 5.96 Å². The fourth-order valence-electron chi connectivity index (χ4n) is 3.26. The van der Waals surface area contributed by atoms with Crippen LogP contribution in [0.5, 0.6) is 0 Å². The second-order valence-electron chi connectivity index (χ2n) is 6.40. The predicted octanol–water partition coefficient (Wildman–Crippen LogP) is 3.63. The van der Waals surface area contributed by atoms with Crippen LogP contribution in [0.15, 0.2) is 35.3 Å². The number of halogens is 1. The summed E-state index contributed by atoms with van der Waals surface area (Å²) in [6.45, 7) is 8.01. The van der Waals surface area contributed by atoms with Crippen molar-refractivity contribution in [3.63, 3.8) is 0 Å². The van der Waals surface area contributed by atoms with Gasteiger partial charge in [-0.1, -0.05) is 37.3 Å². The molecule has 0 saturated carbocycles. The van der Waals surface area contributed by atoms with Gasteiger partial charge in [-0.05, 0) is 32.9 Å². The molecule has 3 rings (SSSR count). The number of hydrogen-bond donors (Lipinski definition) is 2. The minimum atomic E-state index is 0. The lowest BCUT2D eigenvalue weighted by molar-refractivity contribution is 0.267. The van der Waals surface area contributed by atoms with Gasteiger partial charge in [0, 0.05) is 23.0 Å². The van der Waals surface area contributed by atoms with E-state index in [1.807, 2.05) is 25.1 Å². The Morgan fingerprint density at radius 3 is 2.88 bits per heavy atom. The zero-order chi connectivity index (χ0) is 17.6. The number of hydrogen-bond acceptors (Lipinski definition) is 4. The van der Waals surface area contributed by atoms with E-state index in [0.29, 0.717) is 18.5 Å². The smallest absolute Gasteiger partial charge is 0.189 e. The maximum atomic E-state index is 6.06. The van der Waals surface area contributed by atoms with Crippen LogP contribution in [0.3, 0.4) is 0 Å². The summed E-state index contributed by atoms with van der Waals surface area (Å²) in [5.41, 5.74) is 8.25. The van der Waals surface area contributed by atoms with Gasteiger partial charge in [0.05, 0.1) is 12.2 Å². The van der Waals surface area contributed by atoms with Crippen molar-refractivity contribution in [3.8, 4) is 10.6 Å². The maximum Gasteiger partial charge on any atom is 0.189 e. The number of benzene rings is 1. The molecule has 2 aromatic rings. The van der Waals surface area contributed by atoms with E-state index < -0.39 is 0 Å². The molecule has 1 fully saturated rings. The van der Waals surface area contributed by atoms with Gasteiger partial charge in [-0.3, -0.25) is 4.90 Å². The number of nitrogens with one attached hydrogen (secondary N) is 1. The minimum Gasteiger partial charge on any atom is -0.370 e. The molecule has 1 atom stereocenters. The van der Waals surface area contributed by atoms with Crippen LogP contribution < -0.4 is 11.1 Å². The first-order valence-electron chi connectivity index (χ1n) is 8.97. The largest absolute Gasteiger partial charge is 0.370 e. The Kier molecular flexibility index (Phi) is 8.30. The highest BCUT2D eigenvalue weighted by Crippen LogP contribution is 2.28. The lowest BCUT2D eigenvalue weighted by atomic mass is 10.2. The van der Waals surface area contributed by atoms with E-state index in [2.05, 4.69) is 39.2 Å².